The number of methoxy groups -OCH3 is 1. The molecule has 0 aliphatic carbocycles. The number of nitro groups is 1. The molecule has 2 rings (SSSR count). The molecule has 0 saturated carbocycles. The van der Waals surface area contributed by atoms with E-state index in [9.17, 15) is 14.9 Å². The molecule has 27 heavy (non-hydrogen) atoms. The molecule has 1 amide bonds. The minimum atomic E-state index is -0.624. The van der Waals surface area contributed by atoms with E-state index in [4.69, 9.17) is 14.7 Å². The lowest BCUT2D eigenvalue weighted by molar-refractivity contribution is -0.385. The number of nitrogens with zero attached hydrogens (tertiary/aromatic N) is 3. The monoisotopic (exact) mass is 369 g/mol. The van der Waals surface area contributed by atoms with Crippen molar-refractivity contribution >= 4 is 11.6 Å². The number of rotatable bonds is 7. The molecule has 8 heteroatoms. The van der Waals surface area contributed by atoms with Gasteiger partial charge in [-0.3, -0.25) is 14.9 Å². The molecular weight excluding hydrogens is 350 g/mol. The van der Waals surface area contributed by atoms with Gasteiger partial charge >= 0.3 is 0 Å². The smallest absolute Gasteiger partial charge is 0.286 e. The van der Waals surface area contributed by atoms with E-state index in [2.05, 4.69) is 0 Å². The van der Waals surface area contributed by atoms with Gasteiger partial charge in [-0.15, -0.1) is 0 Å². The van der Waals surface area contributed by atoms with Crippen LogP contribution in [0.25, 0.3) is 0 Å². The van der Waals surface area contributed by atoms with Crippen LogP contribution in [-0.4, -0.2) is 36.5 Å². The first-order chi connectivity index (χ1) is 12.9. The van der Waals surface area contributed by atoms with E-state index >= 15 is 0 Å². The molecule has 0 aromatic heterocycles. The predicted molar refractivity (Wildman–Crippen MR) is 97.8 cm³/mol. The summed E-state index contributed by atoms with van der Waals surface area (Å²) in [5, 5.41) is 20.3. The summed E-state index contributed by atoms with van der Waals surface area (Å²) in [4.78, 5) is 25.0. The van der Waals surface area contributed by atoms with Crippen LogP contribution in [0.4, 0.5) is 5.69 Å². The highest BCUT2D eigenvalue weighted by molar-refractivity contribution is 5.99. The molecule has 0 saturated heterocycles. The third-order valence-corrected chi connectivity index (χ3v) is 3.86. The second-order valence-electron chi connectivity index (χ2n) is 5.68. The predicted octanol–water partition coefficient (Wildman–Crippen LogP) is 3.15. The lowest BCUT2D eigenvalue weighted by atomic mass is 10.1. The number of hydrogen-bond acceptors (Lipinski definition) is 6. The second kappa shape index (κ2) is 8.67. The lowest BCUT2D eigenvalue weighted by Gasteiger charge is -2.18. The molecule has 0 aliphatic heterocycles. The third kappa shape index (κ3) is 4.52. The molecule has 0 aliphatic rings. The van der Waals surface area contributed by atoms with Gasteiger partial charge in [0.25, 0.3) is 11.6 Å². The number of carbonyl (C=O) groups excluding carboxylic acids is 1. The third-order valence-electron chi connectivity index (χ3n) is 3.86. The number of carbonyl (C=O) groups is 1. The zero-order valence-electron chi connectivity index (χ0n) is 15.3. The van der Waals surface area contributed by atoms with Crippen molar-refractivity contribution in [1.82, 2.24) is 4.90 Å². The van der Waals surface area contributed by atoms with E-state index in [1.165, 1.54) is 24.1 Å². The highest BCUT2D eigenvalue weighted by Gasteiger charge is 2.26. The summed E-state index contributed by atoms with van der Waals surface area (Å²) in [6, 6.07) is 11.3. The lowest BCUT2D eigenvalue weighted by Crippen LogP contribution is -2.27. The molecule has 0 spiro atoms. The number of ether oxygens (including phenoxy) is 2. The first-order valence-electron chi connectivity index (χ1n) is 8.15. The topological polar surface area (TPSA) is 106 Å². The van der Waals surface area contributed by atoms with Crippen molar-refractivity contribution in [2.45, 2.75) is 13.5 Å². The number of nitro benzene ring substituents is 1. The molecule has 0 radical (unpaired) electrons. The molecule has 0 fully saturated rings. The van der Waals surface area contributed by atoms with Crippen LogP contribution in [0, 0.1) is 21.4 Å². The maximum atomic E-state index is 12.8. The fourth-order valence-electron chi connectivity index (χ4n) is 2.54. The Kier molecular flexibility index (Phi) is 6.33. The summed E-state index contributed by atoms with van der Waals surface area (Å²) in [6.07, 6.45) is 0. The average Bonchev–Trinajstić information content (AvgIpc) is 2.67. The van der Waals surface area contributed by atoms with E-state index in [-0.39, 0.29) is 29.3 Å². The van der Waals surface area contributed by atoms with Crippen molar-refractivity contribution in [3.63, 3.8) is 0 Å². The summed E-state index contributed by atoms with van der Waals surface area (Å²) in [6.45, 7) is 2.32. The fourth-order valence-corrected chi connectivity index (χ4v) is 2.54. The second-order valence-corrected chi connectivity index (χ2v) is 5.68. The van der Waals surface area contributed by atoms with Gasteiger partial charge in [0.05, 0.1) is 36.3 Å². The molecule has 0 N–H and O–H groups in total. The van der Waals surface area contributed by atoms with Gasteiger partial charge in [0.2, 0.25) is 0 Å². The minimum Gasteiger partial charge on any atom is -0.493 e. The molecule has 2 aromatic carbocycles. The summed E-state index contributed by atoms with van der Waals surface area (Å²) in [5.74, 6) is -0.0646. The van der Waals surface area contributed by atoms with Gasteiger partial charge in [0.15, 0.2) is 11.5 Å². The van der Waals surface area contributed by atoms with E-state index in [0.29, 0.717) is 12.2 Å². The highest BCUT2D eigenvalue weighted by atomic mass is 16.6. The fraction of sp³-hybridized carbons (Fsp3) is 0.263. The molecule has 8 nitrogen and oxygen atoms in total. The largest absolute Gasteiger partial charge is 0.493 e. The molecule has 140 valence electrons. The van der Waals surface area contributed by atoms with Gasteiger partial charge in [-0.2, -0.15) is 5.26 Å². The van der Waals surface area contributed by atoms with Gasteiger partial charge < -0.3 is 14.4 Å². The van der Waals surface area contributed by atoms with E-state index in [1.54, 1.807) is 38.2 Å². The van der Waals surface area contributed by atoms with E-state index in [0.717, 1.165) is 5.56 Å². The van der Waals surface area contributed by atoms with E-state index < -0.39 is 10.8 Å². The summed E-state index contributed by atoms with van der Waals surface area (Å²) in [5.41, 5.74) is 0.873. The Morgan fingerprint density at radius 2 is 1.93 bits per heavy atom. The summed E-state index contributed by atoms with van der Waals surface area (Å²) < 4.78 is 10.5. The van der Waals surface area contributed by atoms with Crippen LogP contribution in [-0.2, 0) is 6.54 Å². The molecule has 2 aromatic rings. The number of benzene rings is 2. The Balaban J connectivity index is 2.35. The zero-order chi connectivity index (χ0) is 20.0. The minimum absolute atomic E-state index is 0.0830. The molecule has 0 bridgehead atoms. The van der Waals surface area contributed by atoms with Crippen LogP contribution in [0.2, 0.25) is 0 Å². The molecule has 0 unspecified atom stereocenters. The quantitative estimate of drug-likeness (QED) is 0.548. The Labute approximate surface area is 156 Å². The van der Waals surface area contributed by atoms with Gasteiger partial charge in [-0.1, -0.05) is 12.1 Å². The molecule has 0 heterocycles. The van der Waals surface area contributed by atoms with Crippen LogP contribution in [0.5, 0.6) is 11.5 Å². The summed E-state index contributed by atoms with van der Waals surface area (Å²) >= 11 is 0. The van der Waals surface area contributed by atoms with Crippen molar-refractivity contribution in [3.8, 4) is 17.6 Å². The van der Waals surface area contributed by atoms with Crippen LogP contribution < -0.4 is 9.47 Å². The maximum Gasteiger partial charge on any atom is 0.286 e. The van der Waals surface area contributed by atoms with Crippen LogP contribution in [0.3, 0.4) is 0 Å². The zero-order valence-corrected chi connectivity index (χ0v) is 15.3. The van der Waals surface area contributed by atoms with Crippen molar-refractivity contribution in [3.05, 3.63) is 63.2 Å². The average molecular weight is 369 g/mol. The highest BCUT2D eigenvalue weighted by Crippen LogP contribution is 2.35. The van der Waals surface area contributed by atoms with Crippen LogP contribution >= 0.6 is 0 Å². The number of nitriles is 1. The van der Waals surface area contributed by atoms with Crippen molar-refractivity contribution in [2.24, 2.45) is 0 Å². The van der Waals surface area contributed by atoms with Gasteiger partial charge in [-0.25, -0.2) is 0 Å². The first kappa shape index (κ1) is 19.7. The Bertz CT molecular complexity index is 887. The Morgan fingerprint density at radius 3 is 2.44 bits per heavy atom. The molecular formula is C19H19N3O5. The standard InChI is InChI=1S/C19H19N3O5/c1-4-27-18-9-15(16(22(24)25)10-17(18)26-3)19(23)21(2)12-14-7-5-13(11-20)6-8-14/h5-10H,4,12H2,1-3H3. The normalized spacial score (nSPS) is 10.0. The maximum absolute atomic E-state index is 12.8. The SMILES string of the molecule is CCOc1cc(C(=O)N(C)Cc2ccc(C#N)cc2)c([N+](=O)[O-])cc1OC. The van der Waals surface area contributed by atoms with Gasteiger partial charge in [-0.05, 0) is 24.6 Å². The van der Waals surface area contributed by atoms with Crippen LogP contribution in [0.15, 0.2) is 36.4 Å². The Morgan fingerprint density at radius 1 is 1.26 bits per heavy atom. The summed E-state index contributed by atoms with van der Waals surface area (Å²) in [7, 11) is 2.93. The van der Waals surface area contributed by atoms with Gasteiger partial charge in [0.1, 0.15) is 5.56 Å². The molecule has 0 atom stereocenters. The number of hydrogen-bond donors (Lipinski definition) is 0. The van der Waals surface area contributed by atoms with Crippen LogP contribution in [0.1, 0.15) is 28.4 Å². The van der Waals surface area contributed by atoms with Crippen molar-refractivity contribution in [2.75, 3.05) is 20.8 Å². The van der Waals surface area contributed by atoms with Crippen molar-refractivity contribution < 1.29 is 19.2 Å². The van der Waals surface area contributed by atoms with Gasteiger partial charge in [0, 0.05) is 19.7 Å². The Hall–Kier alpha value is -3.60. The van der Waals surface area contributed by atoms with Crippen molar-refractivity contribution in [1.29, 1.82) is 5.26 Å². The number of amides is 1. The van der Waals surface area contributed by atoms with E-state index in [1.807, 2.05) is 6.07 Å². The first-order valence-corrected chi connectivity index (χ1v) is 8.15.